The van der Waals surface area contributed by atoms with Crippen molar-refractivity contribution < 1.29 is 4.39 Å². The Bertz CT molecular complexity index is 688. The maximum atomic E-state index is 12.9. The summed E-state index contributed by atoms with van der Waals surface area (Å²) in [6.45, 7) is 0.584. The van der Waals surface area contributed by atoms with Crippen LogP contribution < -0.4 is 5.73 Å². The minimum Gasteiger partial charge on any atom is -0.330 e. The largest absolute Gasteiger partial charge is 0.330 e. The SMILES string of the molecule is NCCc1c(Sc2ccc(F)cc2)nc2sccn12. The van der Waals surface area contributed by atoms with Crippen molar-refractivity contribution in [1.82, 2.24) is 9.38 Å². The third-order valence-corrected chi connectivity index (χ3v) is 4.52. The summed E-state index contributed by atoms with van der Waals surface area (Å²) in [6, 6.07) is 6.45. The molecule has 0 fully saturated rings. The smallest absolute Gasteiger partial charge is 0.194 e. The predicted molar refractivity (Wildman–Crippen MR) is 76.4 cm³/mol. The molecular formula is C13H12FN3S2. The van der Waals surface area contributed by atoms with Gasteiger partial charge in [0.15, 0.2) is 4.96 Å². The van der Waals surface area contributed by atoms with Gasteiger partial charge < -0.3 is 5.73 Å². The molecule has 98 valence electrons. The molecule has 0 saturated carbocycles. The molecule has 2 aromatic heterocycles. The third-order valence-electron chi connectivity index (χ3n) is 2.73. The zero-order valence-corrected chi connectivity index (χ0v) is 11.7. The molecule has 0 bridgehead atoms. The Morgan fingerprint density at radius 2 is 2.11 bits per heavy atom. The van der Waals surface area contributed by atoms with Crippen molar-refractivity contribution in [1.29, 1.82) is 0 Å². The molecule has 6 heteroatoms. The number of imidazole rings is 1. The molecule has 2 heterocycles. The number of nitrogens with two attached hydrogens (primary N) is 1. The van der Waals surface area contributed by atoms with E-state index in [9.17, 15) is 4.39 Å². The van der Waals surface area contributed by atoms with Crippen molar-refractivity contribution in [2.75, 3.05) is 6.54 Å². The lowest BCUT2D eigenvalue weighted by molar-refractivity contribution is 0.626. The Hall–Kier alpha value is -1.37. The van der Waals surface area contributed by atoms with E-state index in [2.05, 4.69) is 9.38 Å². The van der Waals surface area contributed by atoms with Gasteiger partial charge >= 0.3 is 0 Å². The van der Waals surface area contributed by atoms with Crippen LogP contribution in [0.2, 0.25) is 0 Å². The van der Waals surface area contributed by atoms with Gasteiger partial charge in [-0.1, -0.05) is 11.8 Å². The van der Waals surface area contributed by atoms with Crippen LogP contribution >= 0.6 is 23.1 Å². The highest BCUT2D eigenvalue weighted by atomic mass is 32.2. The molecule has 19 heavy (non-hydrogen) atoms. The fraction of sp³-hybridized carbons (Fsp3) is 0.154. The van der Waals surface area contributed by atoms with Crippen molar-refractivity contribution in [2.45, 2.75) is 16.3 Å². The lowest BCUT2D eigenvalue weighted by Crippen LogP contribution is -2.05. The molecule has 1 aromatic carbocycles. The molecule has 0 amide bonds. The number of halogens is 1. The van der Waals surface area contributed by atoms with Crippen LogP contribution in [0.4, 0.5) is 4.39 Å². The van der Waals surface area contributed by atoms with E-state index < -0.39 is 0 Å². The highest BCUT2D eigenvalue weighted by Crippen LogP contribution is 2.32. The van der Waals surface area contributed by atoms with Gasteiger partial charge in [-0.2, -0.15) is 0 Å². The molecule has 3 aromatic rings. The van der Waals surface area contributed by atoms with Gasteiger partial charge in [0.2, 0.25) is 0 Å². The van der Waals surface area contributed by atoms with Gasteiger partial charge in [-0.25, -0.2) is 9.37 Å². The summed E-state index contributed by atoms with van der Waals surface area (Å²) in [4.78, 5) is 6.55. The molecule has 0 radical (unpaired) electrons. The fourth-order valence-corrected chi connectivity index (χ4v) is 3.61. The Morgan fingerprint density at radius 1 is 1.32 bits per heavy atom. The maximum Gasteiger partial charge on any atom is 0.194 e. The van der Waals surface area contributed by atoms with E-state index in [1.54, 1.807) is 35.2 Å². The number of hydrogen-bond acceptors (Lipinski definition) is 4. The van der Waals surface area contributed by atoms with Crippen LogP contribution in [-0.2, 0) is 6.42 Å². The minimum atomic E-state index is -0.225. The molecule has 0 aliphatic rings. The lowest BCUT2D eigenvalue weighted by atomic mass is 10.3. The summed E-state index contributed by atoms with van der Waals surface area (Å²) in [5, 5.41) is 2.96. The Labute approximate surface area is 118 Å². The Balaban J connectivity index is 1.97. The van der Waals surface area contributed by atoms with Crippen LogP contribution in [-0.4, -0.2) is 15.9 Å². The number of fused-ring (bicyclic) bond motifs is 1. The first-order valence-corrected chi connectivity index (χ1v) is 7.55. The molecule has 0 saturated heterocycles. The van der Waals surface area contributed by atoms with Gasteiger partial charge in [-0.15, -0.1) is 11.3 Å². The highest BCUT2D eigenvalue weighted by Gasteiger charge is 2.13. The summed E-state index contributed by atoms with van der Waals surface area (Å²) in [5.41, 5.74) is 6.78. The number of hydrogen-bond donors (Lipinski definition) is 1. The van der Waals surface area contributed by atoms with E-state index in [-0.39, 0.29) is 5.82 Å². The van der Waals surface area contributed by atoms with Crippen molar-refractivity contribution >= 4 is 28.1 Å². The number of thiazole rings is 1. The zero-order chi connectivity index (χ0) is 13.2. The molecule has 3 nitrogen and oxygen atoms in total. The van der Waals surface area contributed by atoms with E-state index in [1.807, 2.05) is 11.6 Å². The molecule has 0 unspecified atom stereocenters. The van der Waals surface area contributed by atoms with Gasteiger partial charge in [0.1, 0.15) is 10.8 Å². The van der Waals surface area contributed by atoms with E-state index in [0.29, 0.717) is 6.54 Å². The van der Waals surface area contributed by atoms with Gasteiger partial charge in [0.25, 0.3) is 0 Å². The second-order valence-electron chi connectivity index (χ2n) is 4.01. The minimum absolute atomic E-state index is 0.225. The standard InChI is InChI=1S/C13H12FN3S2/c14-9-1-3-10(4-2-9)19-12-11(5-6-15)17-7-8-18-13(17)16-12/h1-4,7-8H,5-6,15H2. The molecule has 0 aliphatic carbocycles. The Kier molecular flexibility index (Phi) is 3.54. The van der Waals surface area contributed by atoms with Crippen molar-refractivity contribution in [3.05, 3.63) is 47.4 Å². The second kappa shape index (κ2) is 5.32. The highest BCUT2D eigenvalue weighted by molar-refractivity contribution is 7.99. The molecule has 0 atom stereocenters. The average Bonchev–Trinajstić information content (AvgIpc) is 2.96. The number of aromatic nitrogens is 2. The van der Waals surface area contributed by atoms with Crippen molar-refractivity contribution in [2.24, 2.45) is 5.73 Å². The normalized spacial score (nSPS) is 11.3. The van der Waals surface area contributed by atoms with Crippen molar-refractivity contribution in [3.63, 3.8) is 0 Å². The van der Waals surface area contributed by atoms with E-state index in [0.717, 1.165) is 27.0 Å². The molecule has 0 spiro atoms. The second-order valence-corrected chi connectivity index (χ2v) is 5.95. The van der Waals surface area contributed by atoms with Crippen LogP contribution in [0.15, 0.2) is 45.8 Å². The summed E-state index contributed by atoms with van der Waals surface area (Å²) < 4.78 is 15.0. The van der Waals surface area contributed by atoms with Gasteiger partial charge in [-0.3, -0.25) is 4.40 Å². The number of nitrogens with zero attached hydrogens (tertiary/aromatic N) is 2. The fourth-order valence-electron chi connectivity index (χ4n) is 1.87. The topological polar surface area (TPSA) is 43.3 Å². The zero-order valence-electron chi connectivity index (χ0n) is 10.0. The van der Waals surface area contributed by atoms with Crippen LogP contribution in [0, 0.1) is 5.82 Å². The quantitative estimate of drug-likeness (QED) is 0.803. The monoisotopic (exact) mass is 293 g/mol. The molecule has 3 rings (SSSR count). The molecule has 2 N–H and O–H groups in total. The van der Waals surface area contributed by atoms with E-state index in [4.69, 9.17) is 5.73 Å². The van der Waals surface area contributed by atoms with Crippen LogP contribution in [0.5, 0.6) is 0 Å². The van der Waals surface area contributed by atoms with Crippen LogP contribution in [0.25, 0.3) is 4.96 Å². The van der Waals surface area contributed by atoms with Gasteiger partial charge in [0.05, 0.1) is 5.69 Å². The maximum absolute atomic E-state index is 12.9. The number of rotatable bonds is 4. The Morgan fingerprint density at radius 3 is 2.84 bits per heavy atom. The summed E-state index contributed by atoms with van der Waals surface area (Å²) >= 11 is 3.14. The number of benzene rings is 1. The third kappa shape index (κ3) is 2.51. The van der Waals surface area contributed by atoms with Crippen LogP contribution in [0.1, 0.15) is 5.69 Å². The first kappa shape index (κ1) is 12.7. The van der Waals surface area contributed by atoms with Gasteiger partial charge in [0, 0.05) is 22.9 Å². The molecule has 0 aliphatic heterocycles. The summed E-state index contributed by atoms with van der Waals surface area (Å²) in [6.07, 6.45) is 2.79. The first-order valence-electron chi connectivity index (χ1n) is 5.86. The van der Waals surface area contributed by atoms with Gasteiger partial charge in [-0.05, 0) is 30.8 Å². The first-order chi connectivity index (χ1) is 9.28. The average molecular weight is 293 g/mol. The predicted octanol–water partition coefficient (Wildman–Crippen LogP) is 3.19. The lowest BCUT2D eigenvalue weighted by Gasteiger charge is -2.02. The van der Waals surface area contributed by atoms with E-state index >= 15 is 0 Å². The summed E-state index contributed by atoms with van der Waals surface area (Å²) in [7, 11) is 0. The van der Waals surface area contributed by atoms with Crippen LogP contribution in [0.3, 0.4) is 0 Å². The van der Waals surface area contributed by atoms with Crippen molar-refractivity contribution in [3.8, 4) is 0 Å². The van der Waals surface area contributed by atoms with E-state index in [1.165, 1.54) is 12.1 Å². The molecular weight excluding hydrogens is 281 g/mol. The summed E-state index contributed by atoms with van der Waals surface area (Å²) in [5.74, 6) is -0.225.